The van der Waals surface area contributed by atoms with Crippen LogP contribution in [0.1, 0.15) is 19.4 Å². The molecule has 0 saturated heterocycles. The van der Waals surface area contributed by atoms with E-state index >= 15 is 0 Å². The van der Waals surface area contributed by atoms with Crippen molar-refractivity contribution in [1.29, 1.82) is 0 Å². The third-order valence-electron chi connectivity index (χ3n) is 3.11. The van der Waals surface area contributed by atoms with Crippen molar-refractivity contribution < 1.29 is 9.13 Å². The minimum atomic E-state index is -0.437. The predicted molar refractivity (Wildman–Crippen MR) is 82.9 cm³/mol. The van der Waals surface area contributed by atoms with Crippen molar-refractivity contribution in [2.24, 2.45) is 0 Å². The van der Waals surface area contributed by atoms with Crippen LogP contribution in [0.3, 0.4) is 0 Å². The predicted octanol–water partition coefficient (Wildman–Crippen LogP) is 4.97. The Morgan fingerprint density at radius 1 is 1.25 bits per heavy atom. The van der Waals surface area contributed by atoms with Gasteiger partial charge in [-0.05, 0) is 38.1 Å². The van der Waals surface area contributed by atoms with Crippen LogP contribution in [0.15, 0.2) is 24.3 Å². The molecule has 0 aliphatic carbocycles. The summed E-state index contributed by atoms with van der Waals surface area (Å²) in [7, 11) is 0. The van der Waals surface area contributed by atoms with E-state index in [9.17, 15) is 4.39 Å². The fourth-order valence-electron chi connectivity index (χ4n) is 2.21. The van der Waals surface area contributed by atoms with Crippen LogP contribution in [0.2, 0.25) is 4.34 Å². The van der Waals surface area contributed by atoms with Gasteiger partial charge in [-0.3, -0.25) is 0 Å². The number of nitrogens with two attached hydrogens (primary N) is 1. The van der Waals surface area contributed by atoms with Crippen LogP contribution < -0.4 is 10.5 Å². The van der Waals surface area contributed by atoms with Crippen molar-refractivity contribution in [2.45, 2.75) is 19.4 Å². The molecule has 1 aromatic carbocycles. The minimum absolute atomic E-state index is 0.326. The molecule has 0 atom stereocenters. The highest BCUT2D eigenvalue weighted by molar-refractivity contribution is 7.20. The lowest BCUT2D eigenvalue weighted by atomic mass is 9.97. The number of hydrogen-bond donors (Lipinski definition) is 1. The lowest BCUT2D eigenvalue weighted by molar-refractivity contribution is 0.159. The van der Waals surface area contributed by atoms with Crippen LogP contribution in [0.5, 0.6) is 5.75 Å². The van der Waals surface area contributed by atoms with Crippen molar-refractivity contribution in [3.8, 4) is 16.9 Å². The Labute approximate surface area is 125 Å². The maximum Gasteiger partial charge on any atom is 0.135 e. The smallest absolute Gasteiger partial charge is 0.135 e. The highest BCUT2D eigenvalue weighted by Gasteiger charge is 2.26. The van der Waals surface area contributed by atoms with Crippen LogP contribution in [0, 0.1) is 5.82 Å². The number of rotatable bonds is 1. The summed E-state index contributed by atoms with van der Waals surface area (Å²) in [6, 6.07) is 4.63. The summed E-state index contributed by atoms with van der Waals surface area (Å²) in [5, 5.41) is 0.591. The molecule has 20 heavy (non-hydrogen) atoms. The van der Waals surface area contributed by atoms with E-state index < -0.39 is 5.60 Å². The van der Waals surface area contributed by atoms with E-state index in [-0.39, 0.29) is 5.82 Å². The van der Waals surface area contributed by atoms with Gasteiger partial charge in [-0.2, -0.15) is 0 Å². The number of ether oxygens (including phenoxy) is 1. The average Bonchev–Trinajstić information content (AvgIpc) is 2.67. The third-order valence-corrected chi connectivity index (χ3v) is 4.30. The Kier molecular flexibility index (Phi) is 3.03. The zero-order valence-electron chi connectivity index (χ0n) is 11.0. The van der Waals surface area contributed by atoms with E-state index in [0.717, 1.165) is 0 Å². The van der Waals surface area contributed by atoms with Crippen molar-refractivity contribution in [3.05, 3.63) is 40.0 Å². The molecule has 2 aromatic rings. The monoisotopic (exact) mass is 309 g/mol. The van der Waals surface area contributed by atoms with E-state index in [2.05, 4.69) is 0 Å². The van der Waals surface area contributed by atoms with Gasteiger partial charge in [0, 0.05) is 16.7 Å². The molecule has 0 radical (unpaired) electrons. The molecule has 0 bridgehead atoms. The van der Waals surface area contributed by atoms with E-state index in [1.807, 2.05) is 26.0 Å². The van der Waals surface area contributed by atoms with E-state index in [0.29, 0.717) is 31.8 Å². The Balaban J connectivity index is 2.25. The van der Waals surface area contributed by atoms with Crippen molar-refractivity contribution in [3.63, 3.8) is 0 Å². The number of benzene rings is 1. The molecule has 0 fully saturated rings. The highest BCUT2D eigenvalue weighted by atomic mass is 35.5. The van der Waals surface area contributed by atoms with Gasteiger partial charge in [0.15, 0.2) is 0 Å². The molecule has 2 heterocycles. The van der Waals surface area contributed by atoms with Crippen LogP contribution >= 0.6 is 22.9 Å². The second-order valence-corrected chi connectivity index (χ2v) is 6.93. The number of nitrogen functional groups attached to an aromatic ring is 1. The van der Waals surface area contributed by atoms with Crippen LogP contribution in [-0.4, -0.2) is 5.60 Å². The number of thiophene rings is 1. The molecule has 0 unspecified atom stereocenters. The fourth-order valence-corrected chi connectivity index (χ4v) is 3.30. The summed E-state index contributed by atoms with van der Waals surface area (Å²) in [5.74, 6) is 0.311. The fraction of sp³-hybridized carbons (Fsp3) is 0.200. The molecule has 5 heteroatoms. The topological polar surface area (TPSA) is 35.2 Å². The van der Waals surface area contributed by atoms with E-state index in [1.165, 1.54) is 23.5 Å². The lowest BCUT2D eigenvalue weighted by Gasteiger charge is -2.29. The molecule has 104 valence electrons. The van der Waals surface area contributed by atoms with Gasteiger partial charge in [0.25, 0.3) is 0 Å². The lowest BCUT2D eigenvalue weighted by Crippen LogP contribution is -2.27. The van der Waals surface area contributed by atoms with Gasteiger partial charge in [-0.1, -0.05) is 17.7 Å². The maximum atomic E-state index is 13.8. The SMILES string of the molecule is CC1(C)C=Cc2cc(F)cc(-c3cc(N)sc3Cl)c2O1. The first kappa shape index (κ1) is 13.5. The Morgan fingerprint density at radius 3 is 2.65 bits per heavy atom. The van der Waals surface area contributed by atoms with Gasteiger partial charge >= 0.3 is 0 Å². The zero-order chi connectivity index (χ0) is 14.5. The van der Waals surface area contributed by atoms with E-state index in [4.69, 9.17) is 22.1 Å². The van der Waals surface area contributed by atoms with Crippen molar-refractivity contribution in [1.82, 2.24) is 0 Å². The molecule has 0 amide bonds. The van der Waals surface area contributed by atoms with Gasteiger partial charge in [0.2, 0.25) is 0 Å². The zero-order valence-corrected chi connectivity index (χ0v) is 12.6. The maximum absolute atomic E-state index is 13.8. The second-order valence-electron chi connectivity index (χ2n) is 5.25. The Hall–Kier alpha value is -1.52. The molecule has 1 aliphatic rings. The molecule has 0 spiro atoms. The quantitative estimate of drug-likeness (QED) is 0.807. The molecular formula is C15H13ClFNOS. The Bertz CT molecular complexity index is 721. The summed E-state index contributed by atoms with van der Waals surface area (Å²) >= 11 is 7.46. The van der Waals surface area contributed by atoms with Crippen LogP contribution in [0.25, 0.3) is 17.2 Å². The average molecular weight is 310 g/mol. The first-order valence-corrected chi connectivity index (χ1v) is 7.32. The molecule has 3 rings (SSSR count). The first-order valence-electron chi connectivity index (χ1n) is 6.13. The second kappa shape index (κ2) is 4.50. The molecule has 2 nitrogen and oxygen atoms in total. The molecule has 2 N–H and O–H groups in total. The number of hydrogen-bond acceptors (Lipinski definition) is 3. The largest absolute Gasteiger partial charge is 0.483 e. The third kappa shape index (κ3) is 2.30. The molecule has 1 aliphatic heterocycles. The van der Waals surface area contributed by atoms with Gasteiger partial charge in [-0.15, -0.1) is 11.3 Å². The number of fused-ring (bicyclic) bond motifs is 1. The normalized spacial score (nSPS) is 15.8. The first-order chi connectivity index (χ1) is 9.35. The summed E-state index contributed by atoms with van der Waals surface area (Å²) in [6.07, 6.45) is 3.77. The summed E-state index contributed by atoms with van der Waals surface area (Å²) in [6.45, 7) is 3.90. The standard InChI is InChI=1S/C15H13ClFNOS/c1-15(2)4-3-8-5-9(17)6-10(13(8)19-15)11-7-12(18)20-14(11)16/h3-7H,18H2,1-2H3. The van der Waals surface area contributed by atoms with Crippen molar-refractivity contribution >= 4 is 34.0 Å². The van der Waals surface area contributed by atoms with Crippen LogP contribution in [0.4, 0.5) is 9.39 Å². The Morgan fingerprint density at radius 2 is 2.00 bits per heavy atom. The molecular weight excluding hydrogens is 297 g/mol. The highest BCUT2D eigenvalue weighted by Crippen LogP contribution is 2.45. The molecule has 1 aromatic heterocycles. The minimum Gasteiger partial charge on any atom is -0.483 e. The molecule has 0 saturated carbocycles. The van der Waals surface area contributed by atoms with Crippen LogP contribution in [-0.2, 0) is 0 Å². The van der Waals surface area contributed by atoms with Gasteiger partial charge in [0.1, 0.15) is 21.5 Å². The van der Waals surface area contributed by atoms with Gasteiger partial charge in [-0.25, -0.2) is 4.39 Å². The van der Waals surface area contributed by atoms with Crippen molar-refractivity contribution in [2.75, 3.05) is 5.73 Å². The number of halogens is 2. The van der Waals surface area contributed by atoms with E-state index in [1.54, 1.807) is 6.07 Å². The summed E-state index contributed by atoms with van der Waals surface area (Å²) in [5.41, 5.74) is 7.38. The summed E-state index contributed by atoms with van der Waals surface area (Å²) in [4.78, 5) is 0. The number of anilines is 1. The summed E-state index contributed by atoms with van der Waals surface area (Å²) < 4.78 is 20.3. The van der Waals surface area contributed by atoms with Gasteiger partial charge < -0.3 is 10.5 Å². The van der Waals surface area contributed by atoms with Gasteiger partial charge in [0.05, 0.1) is 5.00 Å².